The van der Waals surface area contributed by atoms with E-state index in [1.807, 2.05) is 31.2 Å². The van der Waals surface area contributed by atoms with Gasteiger partial charge in [-0.1, -0.05) is 29.8 Å². The van der Waals surface area contributed by atoms with Gasteiger partial charge < -0.3 is 5.32 Å². The third-order valence-electron chi connectivity index (χ3n) is 5.46. The van der Waals surface area contributed by atoms with E-state index in [-0.39, 0.29) is 30.5 Å². The zero-order chi connectivity index (χ0) is 22.3. The van der Waals surface area contributed by atoms with E-state index >= 15 is 0 Å². The summed E-state index contributed by atoms with van der Waals surface area (Å²) >= 11 is 0. The van der Waals surface area contributed by atoms with Crippen molar-refractivity contribution in [2.45, 2.75) is 32.2 Å². The van der Waals surface area contributed by atoms with Crippen molar-refractivity contribution in [1.82, 2.24) is 10.2 Å². The van der Waals surface area contributed by atoms with Crippen molar-refractivity contribution in [3.63, 3.8) is 0 Å². The maximum atomic E-state index is 14.6. The van der Waals surface area contributed by atoms with E-state index in [0.29, 0.717) is 17.4 Å². The number of piperidine rings is 1. The van der Waals surface area contributed by atoms with Crippen LogP contribution >= 0.6 is 0 Å². The summed E-state index contributed by atoms with van der Waals surface area (Å²) in [6.45, 7) is 2.14. The molecular formula is C22H19F2N3O4. The van der Waals surface area contributed by atoms with Gasteiger partial charge >= 0.3 is 0 Å². The van der Waals surface area contributed by atoms with Crippen LogP contribution in [-0.4, -0.2) is 41.1 Å². The predicted octanol–water partition coefficient (Wildman–Crippen LogP) is 2.33. The third-order valence-corrected chi connectivity index (χ3v) is 5.46. The highest BCUT2D eigenvalue weighted by atomic mass is 19.2. The summed E-state index contributed by atoms with van der Waals surface area (Å²) in [6.07, 6.45) is 0.384. The molecule has 160 valence electrons. The van der Waals surface area contributed by atoms with Crippen molar-refractivity contribution in [2.24, 2.45) is 0 Å². The molecule has 2 aromatic carbocycles. The average Bonchev–Trinajstić information content (AvgIpc) is 2.96. The van der Waals surface area contributed by atoms with Gasteiger partial charge in [-0.2, -0.15) is 0 Å². The molecule has 2 heterocycles. The van der Waals surface area contributed by atoms with E-state index in [1.165, 1.54) is 0 Å². The fourth-order valence-corrected chi connectivity index (χ4v) is 3.82. The number of aryl methyl sites for hydroxylation is 1. The first kappa shape index (κ1) is 20.6. The second-order valence-electron chi connectivity index (χ2n) is 7.58. The summed E-state index contributed by atoms with van der Waals surface area (Å²) in [5.74, 6) is -5.63. The van der Waals surface area contributed by atoms with Crippen LogP contribution in [0.1, 0.15) is 44.7 Å². The molecule has 1 unspecified atom stereocenters. The highest BCUT2D eigenvalue weighted by Crippen LogP contribution is 2.35. The standard InChI is InChI=1S/C22H19F2N3O4/c1-11-2-4-12(5-3-11)8-9-25-19-17-13(10-14(23)18(19)24)21(30)27(22(17)31)15-6-7-16(28)26-20(15)29/h2-5,10,15,25H,6-9H2,1H3,(H,26,28,29). The van der Waals surface area contributed by atoms with Crippen LogP contribution < -0.4 is 10.6 Å². The van der Waals surface area contributed by atoms with Gasteiger partial charge in [-0.15, -0.1) is 0 Å². The topological polar surface area (TPSA) is 95.6 Å². The maximum absolute atomic E-state index is 14.6. The predicted molar refractivity (Wildman–Crippen MR) is 106 cm³/mol. The molecule has 0 aromatic heterocycles. The van der Waals surface area contributed by atoms with Crippen LogP contribution in [0.25, 0.3) is 0 Å². The molecule has 2 N–H and O–H groups in total. The van der Waals surface area contributed by atoms with Gasteiger partial charge in [0, 0.05) is 13.0 Å². The average molecular weight is 427 g/mol. The van der Waals surface area contributed by atoms with Crippen molar-refractivity contribution in [3.05, 3.63) is 64.2 Å². The molecule has 2 aliphatic heterocycles. The number of amides is 4. The number of nitrogens with zero attached hydrogens (tertiary/aromatic N) is 1. The molecule has 1 fully saturated rings. The van der Waals surface area contributed by atoms with E-state index in [4.69, 9.17) is 0 Å². The lowest BCUT2D eigenvalue weighted by molar-refractivity contribution is -0.136. The number of hydrogen-bond donors (Lipinski definition) is 2. The highest BCUT2D eigenvalue weighted by Gasteiger charge is 2.46. The number of benzene rings is 2. The Morgan fingerprint density at radius 1 is 1.10 bits per heavy atom. The molecule has 2 aromatic rings. The van der Waals surface area contributed by atoms with Gasteiger partial charge in [-0.05, 0) is 31.4 Å². The summed E-state index contributed by atoms with van der Waals surface area (Å²) in [5.41, 5.74) is 1.02. The first-order valence-electron chi connectivity index (χ1n) is 9.81. The Balaban J connectivity index is 1.61. The molecule has 0 spiro atoms. The normalized spacial score (nSPS) is 18.3. The summed E-state index contributed by atoms with van der Waals surface area (Å²) in [7, 11) is 0. The number of imide groups is 2. The molecule has 0 radical (unpaired) electrons. The van der Waals surface area contributed by atoms with Crippen molar-refractivity contribution < 1.29 is 28.0 Å². The third kappa shape index (κ3) is 3.67. The molecular weight excluding hydrogens is 408 g/mol. The number of carbonyl (C=O) groups excluding carboxylic acids is 4. The van der Waals surface area contributed by atoms with Crippen LogP contribution in [0.15, 0.2) is 30.3 Å². The van der Waals surface area contributed by atoms with Crippen LogP contribution in [0.2, 0.25) is 0 Å². The number of fused-ring (bicyclic) bond motifs is 1. The first-order chi connectivity index (χ1) is 14.8. The van der Waals surface area contributed by atoms with Gasteiger partial charge in [-0.3, -0.25) is 29.4 Å². The Morgan fingerprint density at radius 3 is 2.48 bits per heavy atom. The van der Waals surface area contributed by atoms with Crippen molar-refractivity contribution >= 4 is 29.3 Å². The van der Waals surface area contributed by atoms with Crippen molar-refractivity contribution in [2.75, 3.05) is 11.9 Å². The summed E-state index contributed by atoms with van der Waals surface area (Å²) in [4.78, 5) is 50.0. The number of halogens is 2. The minimum absolute atomic E-state index is 0.0444. The van der Waals surface area contributed by atoms with Crippen LogP contribution in [0, 0.1) is 18.6 Å². The summed E-state index contributed by atoms with van der Waals surface area (Å²) in [5, 5.41) is 4.82. The molecule has 1 saturated heterocycles. The van der Waals surface area contributed by atoms with E-state index in [1.54, 1.807) is 0 Å². The van der Waals surface area contributed by atoms with Gasteiger partial charge in [0.2, 0.25) is 11.8 Å². The lowest BCUT2D eigenvalue weighted by atomic mass is 10.0. The zero-order valence-corrected chi connectivity index (χ0v) is 16.6. The van der Waals surface area contributed by atoms with Gasteiger partial charge in [0.25, 0.3) is 11.8 Å². The molecule has 4 rings (SSSR count). The fraction of sp³-hybridized carbons (Fsp3) is 0.273. The first-order valence-corrected chi connectivity index (χ1v) is 9.81. The number of carbonyl (C=O) groups is 4. The SMILES string of the molecule is Cc1ccc(CCNc2c(F)c(F)cc3c2C(=O)N(C2CCC(=O)NC2=O)C3=O)cc1. The number of nitrogens with one attached hydrogen (secondary N) is 2. The Morgan fingerprint density at radius 2 is 1.81 bits per heavy atom. The zero-order valence-electron chi connectivity index (χ0n) is 16.6. The van der Waals surface area contributed by atoms with E-state index in [2.05, 4.69) is 10.6 Å². The van der Waals surface area contributed by atoms with Crippen LogP contribution in [0.5, 0.6) is 0 Å². The smallest absolute Gasteiger partial charge is 0.264 e. The van der Waals surface area contributed by atoms with Gasteiger partial charge in [-0.25, -0.2) is 8.78 Å². The highest BCUT2D eigenvalue weighted by molar-refractivity contribution is 6.25. The monoisotopic (exact) mass is 427 g/mol. The lowest BCUT2D eigenvalue weighted by Gasteiger charge is -2.27. The Hall–Kier alpha value is -3.62. The second kappa shape index (κ2) is 7.90. The minimum atomic E-state index is -1.28. The van der Waals surface area contributed by atoms with E-state index in [9.17, 15) is 28.0 Å². The van der Waals surface area contributed by atoms with Gasteiger partial charge in [0.05, 0.1) is 16.8 Å². The lowest BCUT2D eigenvalue weighted by Crippen LogP contribution is -2.54. The molecule has 0 aliphatic carbocycles. The number of hydrogen-bond acceptors (Lipinski definition) is 5. The van der Waals surface area contributed by atoms with E-state index in [0.717, 1.165) is 11.1 Å². The largest absolute Gasteiger partial charge is 0.382 e. The minimum Gasteiger partial charge on any atom is -0.382 e. The van der Waals surface area contributed by atoms with E-state index < -0.39 is 47.0 Å². The molecule has 4 amide bonds. The molecule has 7 nitrogen and oxygen atoms in total. The Bertz CT molecular complexity index is 1110. The van der Waals surface area contributed by atoms with Gasteiger partial charge in [0.15, 0.2) is 11.6 Å². The second-order valence-corrected chi connectivity index (χ2v) is 7.58. The molecule has 2 aliphatic rings. The Kier molecular flexibility index (Phi) is 5.26. The molecule has 9 heteroatoms. The summed E-state index contributed by atoms with van der Waals surface area (Å²) < 4.78 is 28.8. The maximum Gasteiger partial charge on any atom is 0.264 e. The Labute approximate surface area is 176 Å². The summed E-state index contributed by atoms with van der Waals surface area (Å²) in [6, 6.07) is 7.12. The quantitative estimate of drug-likeness (QED) is 0.715. The van der Waals surface area contributed by atoms with Gasteiger partial charge in [0.1, 0.15) is 6.04 Å². The molecule has 0 saturated carbocycles. The number of anilines is 1. The molecule has 1 atom stereocenters. The molecule has 31 heavy (non-hydrogen) atoms. The van der Waals surface area contributed by atoms with Crippen LogP contribution in [0.3, 0.4) is 0 Å². The number of rotatable bonds is 5. The fourth-order valence-electron chi connectivity index (χ4n) is 3.82. The van der Waals surface area contributed by atoms with Crippen LogP contribution in [0.4, 0.5) is 14.5 Å². The van der Waals surface area contributed by atoms with Crippen LogP contribution in [-0.2, 0) is 16.0 Å². The molecule has 0 bridgehead atoms. The van der Waals surface area contributed by atoms with Crippen molar-refractivity contribution in [1.29, 1.82) is 0 Å². The van der Waals surface area contributed by atoms with Crippen molar-refractivity contribution in [3.8, 4) is 0 Å².